The highest BCUT2D eigenvalue weighted by molar-refractivity contribution is 5.93. The molecule has 1 fully saturated rings. The number of anilines is 1. The Balaban J connectivity index is 1.45. The molecule has 7 heteroatoms. The molecular formula is C23H29N3O4. The van der Waals surface area contributed by atoms with E-state index in [0.717, 1.165) is 6.42 Å². The Morgan fingerprint density at radius 2 is 1.87 bits per heavy atom. The number of aromatic nitrogens is 1. The molecule has 1 aliphatic rings. The first-order chi connectivity index (χ1) is 14.7. The van der Waals surface area contributed by atoms with Crippen LogP contribution in [0.2, 0.25) is 0 Å². The number of aryl methyl sites for hydroxylation is 1. The zero-order chi connectivity index (χ0) is 21.2. The second-order valence-electron chi connectivity index (χ2n) is 7.33. The molecule has 30 heavy (non-hydrogen) atoms. The van der Waals surface area contributed by atoms with E-state index < -0.39 is 0 Å². The molecule has 2 aromatic rings. The van der Waals surface area contributed by atoms with Crippen LogP contribution in [-0.4, -0.2) is 55.1 Å². The van der Waals surface area contributed by atoms with Crippen molar-refractivity contribution in [2.45, 2.75) is 25.7 Å². The van der Waals surface area contributed by atoms with E-state index in [2.05, 4.69) is 10.3 Å². The van der Waals surface area contributed by atoms with Crippen LogP contribution in [0.5, 0.6) is 5.88 Å². The maximum absolute atomic E-state index is 12.7. The number of amides is 2. The van der Waals surface area contributed by atoms with Gasteiger partial charge in [-0.05, 0) is 37.0 Å². The lowest BCUT2D eigenvalue weighted by Crippen LogP contribution is -2.41. The van der Waals surface area contributed by atoms with Gasteiger partial charge in [-0.1, -0.05) is 30.3 Å². The highest BCUT2D eigenvalue weighted by atomic mass is 16.5. The molecule has 7 nitrogen and oxygen atoms in total. The molecule has 1 aromatic carbocycles. The number of benzene rings is 1. The summed E-state index contributed by atoms with van der Waals surface area (Å²) in [5, 5.41) is 2.93. The monoisotopic (exact) mass is 411 g/mol. The third kappa shape index (κ3) is 6.29. The summed E-state index contributed by atoms with van der Waals surface area (Å²) in [6, 6.07) is 13.6. The summed E-state index contributed by atoms with van der Waals surface area (Å²) < 4.78 is 10.6. The molecule has 1 N–H and O–H groups in total. The van der Waals surface area contributed by atoms with Gasteiger partial charge in [-0.2, -0.15) is 0 Å². The molecule has 0 saturated carbocycles. The lowest BCUT2D eigenvalue weighted by molar-refractivity contribution is -0.134. The van der Waals surface area contributed by atoms with E-state index >= 15 is 0 Å². The van der Waals surface area contributed by atoms with E-state index in [1.807, 2.05) is 35.2 Å². The van der Waals surface area contributed by atoms with Crippen LogP contribution >= 0.6 is 0 Å². The molecule has 1 aliphatic heterocycles. The average Bonchev–Trinajstić information content (AvgIpc) is 2.79. The smallest absolute Gasteiger partial charge is 0.237 e. The maximum atomic E-state index is 12.7. The summed E-state index contributed by atoms with van der Waals surface area (Å²) in [5.41, 5.74) is 1.72. The second kappa shape index (κ2) is 11.3. The number of nitrogens with zero attached hydrogens (tertiary/aromatic N) is 2. The Bertz CT molecular complexity index is 820. The number of methoxy groups -OCH3 is 1. The normalized spacial score (nSPS) is 14.4. The third-order valence-corrected chi connectivity index (χ3v) is 5.24. The highest BCUT2D eigenvalue weighted by Crippen LogP contribution is 2.24. The van der Waals surface area contributed by atoms with Gasteiger partial charge in [0.15, 0.2) is 0 Å². The quantitative estimate of drug-likeness (QED) is 0.642. The minimum absolute atomic E-state index is 0.0593. The molecule has 0 radical (unpaired) electrons. The molecule has 1 aromatic heterocycles. The minimum Gasteiger partial charge on any atom is -0.474 e. The van der Waals surface area contributed by atoms with Gasteiger partial charge in [-0.3, -0.25) is 9.59 Å². The van der Waals surface area contributed by atoms with Crippen molar-refractivity contribution in [1.82, 2.24) is 9.88 Å². The number of pyridine rings is 1. The van der Waals surface area contributed by atoms with Crippen molar-refractivity contribution in [2.75, 3.05) is 38.7 Å². The van der Waals surface area contributed by atoms with Crippen molar-refractivity contribution in [2.24, 2.45) is 5.92 Å². The number of carbonyl (C=O) groups is 2. The number of ether oxygens (including phenoxy) is 2. The van der Waals surface area contributed by atoms with Crippen molar-refractivity contribution < 1.29 is 19.1 Å². The Morgan fingerprint density at radius 1 is 1.10 bits per heavy atom. The topological polar surface area (TPSA) is 80.8 Å². The van der Waals surface area contributed by atoms with Gasteiger partial charge < -0.3 is 19.7 Å². The van der Waals surface area contributed by atoms with Crippen molar-refractivity contribution in [3.05, 3.63) is 54.2 Å². The fourth-order valence-corrected chi connectivity index (χ4v) is 3.50. The SMILES string of the molecule is COCCOc1ncccc1NC(=O)C1CCN(C(=O)CCc2ccccc2)CC1. The van der Waals surface area contributed by atoms with Crippen LogP contribution in [0.15, 0.2) is 48.7 Å². The molecular weight excluding hydrogens is 382 g/mol. The number of nitrogens with one attached hydrogen (secondary N) is 1. The highest BCUT2D eigenvalue weighted by Gasteiger charge is 2.27. The molecule has 2 amide bonds. The fraction of sp³-hybridized carbons (Fsp3) is 0.435. The van der Waals surface area contributed by atoms with Crippen LogP contribution in [0.1, 0.15) is 24.8 Å². The van der Waals surface area contributed by atoms with Crippen LogP contribution in [0, 0.1) is 5.92 Å². The second-order valence-corrected chi connectivity index (χ2v) is 7.33. The van der Waals surface area contributed by atoms with Crippen LogP contribution in [0.3, 0.4) is 0 Å². The van der Waals surface area contributed by atoms with Gasteiger partial charge in [0.25, 0.3) is 0 Å². The molecule has 0 aliphatic carbocycles. The molecule has 2 heterocycles. The Hall–Kier alpha value is -2.93. The van der Waals surface area contributed by atoms with Gasteiger partial charge in [0.05, 0.1) is 6.61 Å². The van der Waals surface area contributed by atoms with Gasteiger partial charge in [0.1, 0.15) is 12.3 Å². The number of carbonyl (C=O) groups excluding carboxylic acids is 2. The first-order valence-corrected chi connectivity index (χ1v) is 10.4. The molecule has 3 rings (SSSR count). The Morgan fingerprint density at radius 3 is 2.60 bits per heavy atom. The largest absolute Gasteiger partial charge is 0.474 e. The van der Waals surface area contributed by atoms with Crippen LogP contribution < -0.4 is 10.1 Å². The summed E-state index contributed by atoms with van der Waals surface area (Å²) in [5.74, 6) is 0.349. The summed E-state index contributed by atoms with van der Waals surface area (Å²) >= 11 is 0. The van der Waals surface area contributed by atoms with Gasteiger partial charge in [0, 0.05) is 38.7 Å². The molecule has 0 spiro atoms. The van der Waals surface area contributed by atoms with Gasteiger partial charge in [0.2, 0.25) is 17.7 Å². The molecule has 0 unspecified atom stereocenters. The van der Waals surface area contributed by atoms with E-state index in [-0.39, 0.29) is 17.7 Å². The van der Waals surface area contributed by atoms with Gasteiger partial charge in [-0.25, -0.2) is 4.98 Å². The zero-order valence-corrected chi connectivity index (χ0v) is 17.4. The summed E-state index contributed by atoms with van der Waals surface area (Å²) in [6.07, 6.45) is 4.18. The van der Waals surface area contributed by atoms with E-state index in [4.69, 9.17) is 9.47 Å². The first kappa shape index (κ1) is 21.8. The summed E-state index contributed by atoms with van der Waals surface area (Å²) in [7, 11) is 1.60. The van der Waals surface area contributed by atoms with Gasteiger partial charge >= 0.3 is 0 Å². The van der Waals surface area contributed by atoms with Crippen LogP contribution in [0.4, 0.5) is 5.69 Å². The van der Waals surface area contributed by atoms with E-state index in [9.17, 15) is 9.59 Å². The van der Waals surface area contributed by atoms with Crippen LogP contribution in [0.25, 0.3) is 0 Å². The van der Waals surface area contributed by atoms with Gasteiger partial charge in [-0.15, -0.1) is 0 Å². The fourth-order valence-electron chi connectivity index (χ4n) is 3.50. The molecule has 160 valence electrons. The maximum Gasteiger partial charge on any atom is 0.237 e. The molecule has 1 saturated heterocycles. The number of hydrogen-bond donors (Lipinski definition) is 1. The number of hydrogen-bond acceptors (Lipinski definition) is 5. The molecule has 0 atom stereocenters. The zero-order valence-electron chi connectivity index (χ0n) is 17.4. The van der Waals surface area contributed by atoms with Crippen molar-refractivity contribution >= 4 is 17.5 Å². The Kier molecular flexibility index (Phi) is 8.20. The first-order valence-electron chi connectivity index (χ1n) is 10.4. The van der Waals surface area contributed by atoms with Crippen LogP contribution in [-0.2, 0) is 20.7 Å². The summed E-state index contributed by atoms with van der Waals surface area (Å²) in [6.45, 7) is 2.02. The van der Waals surface area contributed by atoms with Crippen molar-refractivity contribution in [3.8, 4) is 5.88 Å². The third-order valence-electron chi connectivity index (χ3n) is 5.24. The van der Waals surface area contributed by atoms with E-state index in [0.29, 0.717) is 57.1 Å². The van der Waals surface area contributed by atoms with Crippen molar-refractivity contribution in [3.63, 3.8) is 0 Å². The predicted molar refractivity (Wildman–Crippen MR) is 114 cm³/mol. The van der Waals surface area contributed by atoms with Crippen molar-refractivity contribution in [1.29, 1.82) is 0 Å². The number of rotatable bonds is 9. The average molecular weight is 412 g/mol. The standard InChI is InChI=1S/C23H29N3O4/c1-29-16-17-30-23-20(8-5-13-24-23)25-22(28)19-11-14-26(15-12-19)21(27)10-9-18-6-3-2-4-7-18/h2-8,13,19H,9-12,14-17H2,1H3,(H,25,28). The lowest BCUT2D eigenvalue weighted by Gasteiger charge is -2.31. The number of piperidine rings is 1. The summed E-state index contributed by atoms with van der Waals surface area (Å²) in [4.78, 5) is 31.3. The minimum atomic E-state index is -0.129. The number of likely N-dealkylation sites (tertiary alicyclic amines) is 1. The van der Waals surface area contributed by atoms with E-state index in [1.54, 1.807) is 25.4 Å². The Labute approximate surface area is 177 Å². The predicted octanol–water partition coefficient (Wildman–Crippen LogP) is 2.92. The molecule has 0 bridgehead atoms. The van der Waals surface area contributed by atoms with E-state index in [1.165, 1.54) is 5.56 Å². The lowest BCUT2D eigenvalue weighted by atomic mass is 9.95.